The normalized spacial score (nSPS) is 10.9. The lowest BCUT2D eigenvalue weighted by Gasteiger charge is -2.08. The first-order valence-electron chi connectivity index (χ1n) is 10.4. The van der Waals surface area contributed by atoms with E-state index >= 15 is 0 Å². The molecule has 0 bridgehead atoms. The number of rotatable bonds is 6. The van der Waals surface area contributed by atoms with Gasteiger partial charge >= 0.3 is 0 Å². The molecule has 0 fully saturated rings. The number of hydrogen-bond acceptors (Lipinski definition) is 8. The third kappa shape index (κ3) is 4.23. The van der Waals surface area contributed by atoms with Gasteiger partial charge in [-0.15, -0.1) is 22.7 Å². The molecule has 5 aromatic rings. The molecule has 0 atom stereocenters. The number of anilines is 1. The highest BCUT2D eigenvalue weighted by molar-refractivity contribution is 7.21. The minimum absolute atomic E-state index is 0.248. The van der Waals surface area contributed by atoms with Crippen LogP contribution < -0.4 is 14.8 Å². The van der Waals surface area contributed by atoms with Crippen LogP contribution in [0, 0.1) is 6.92 Å². The van der Waals surface area contributed by atoms with E-state index in [0.717, 1.165) is 31.4 Å². The van der Waals surface area contributed by atoms with Gasteiger partial charge in [-0.05, 0) is 49.4 Å². The van der Waals surface area contributed by atoms with E-state index in [1.165, 1.54) is 11.3 Å². The first kappa shape index (κ1) is 22.0. The van der Waals surface area contributed by atoms with Crippen molar-refractivity contribution in [2.24, 2.45) is 0 Å². The van der Waals surface area contributed by atoms with Gasteiger partial charge in [0.1, 0.15) is 20.7 Å². The molecular formula is C25H20N4O3S2. The number of para-hydroxylation sites is 1. The Balaban J connectivity index is 1.34. The van der Waals surface area contributed by atoms with Crippen molar-refractivity contribution in [2.75, 3.05) is 19.5 Å². The molecule has 3 heterocycles. The van der Waals surface area contributed by atoms with Gasteiger partial charge in [-0.2, -0.15) is 0 Å². The second-order valence-corrected chi connectivity index (χ2v) is 9.41. The Morgan fingerprint density at radius 1 is 0.882 bits per heavy atom. The van der Waals surface area contributed by atoms with Crippen molar-refractivity contribution >= 4 is 44.6 Å². The number of fused-ring (bicyclic) bond motifs is 1. The maximum Gasteiger partial charge on any atom is 0.268 e. The van der Waals surface area contributed by atoms with E-state index in [0.29, 0.717) is 27.9 Å². The van der Waals surface area contributed by atoms with Gasteiger partial charge in [-0.3, -0.25) is 4.79 Å². The van der Waals surface area contributed by atoms with Crippen LogP contribution in [0.15, 0.2) is 60.8 Å². The number of carbonyl (C=O) groups excluding carboxylic acids is 1. The molecule has 0 aliphatic rings. The van der Waals surface area contributed by atoms with E-state index < -0.39 is 0 Å². The lowest BCUT2D eigenvalue weighted by atomic mass is 10.2. The zero-order chi connectivity index (χ0) is 23.7. The highest BCUT2D eigenvalue weighted by Crippen LogP contribution is 2.35. The molecule has 0 unspecified atom stereocenters. The first-order chi connectivity index (χ1) is 16.6. The molecule has 0 spiro atoms. The largest absolute Gasteiger partial charge is 0.493 e. The lowest BCUT2D eigenvalue weighted by molar-refractivity contribution is 0.102. The van der Waals surface area contributed by atoms with Crippen LogP contribution in [0.3, 0.4) is 0 Å². The van der Waals surface area contributed by atoms with Crippen LogP contribution in [0.5, 0.6) is 11.5 Å². The summed E-state index contributed by atoms with van der Waals surface area (Å²) in [7, 11) is 3.18. The molecule has 9 heteroatoms. The summed E-state index contributed by atoms with van der Waals surface area (Å²) >= 11 is 2.93. The van der Waals surface area contributed by atoms with Crippen molar-refractivity contribution in [2.45, 2.75) is 6.92 Å². The summed E-state index contributed by atoms with van der Waals surface area (Å²) in [4.78, 5) is 27.1. The topological polar surface area (TPSA) is 86.2 Å². The van der Waals surface area contributed by atoms with Crippen LogP contribution in [0.2, 0.25) is 0 Å². The monoisotopic (exact) mass is 488 g/mol. The molecule has 2 aromatic carbocycles. The molecule has 0 aliphatic heterocycles. The van der Waals surface area contributed by atoms with Crippen LogP contribution in [0.4, 0.5) is 5.82 Å². The van der Waals surface area contributed by atoms with E-state index in [2.05, 4.69) is 20.3 Å². The van der Waals surface area contributed by atoms with Crippen LogP contribution >= 0.6 is 22.7 Å². The number of aromatic nitrogens is 3. The average molecular weight is 489 g/mol. The number of pyridine rings is 1. The van der Waals surface area contributed by atoms with E-state index in [1.807, 2.05) is 55.5 Å². The zero-order valence-corrected chi connectivity index (χ0v) is 20.3. The summed E-state index contributed by atoms with van der Waals surface area (Å²) < 4.78 is 11.8. The Hall–Kier alpha value is -3.82. The number of carbonyl (C=O) groups is 1. The van der Waals surface area contributed by atoms with Crippen molar-refractivity contribution in [1.82, 2.24) is 15.0 Å². The fraction of sp³-hybridized carbons (Fsp3) is 0.120. The number of amides is 1. The average Bonchev–Trinajstić information content (AvgIpc) is 3.47. The molecule has 0 aliphatic carbocycles. The number of benzene rings is 2. The van der Waals surface area contributed by atoms with Crippen molar-refractivity contribution < 1.29 is 14.3 Å². The highest BCUT2D eigenvalue weighted by atomic mass is 32.1. The van der Waals surface area contributed by atoms with Crippen molar-refractivity contribution in [3.63, 3.8) is 0 Å². The van der Waals surface area contributed by atoms with Gasteiger partial charge in [0, 0.05) is 17.3 Å². The molecule has 7 nitrogen and oxygen atoms in total. The van der Waals surface area contributed by atoms with Gasteiger partial charge in [0.25, 0.3) is 5.91 Å². The second-order valence-electron chi connectivity index (χ2n) is 7.38. The minimum atomic E-state index is -0.248. The third-order valence-corrected chi connectivity index (χ3v) is 7.47. The number of methoxy groups -OCH3 is 2. The molecule has 0 saturated carbocycles. The molecule has 0 radical (unpaired) electrons. The second kappa shape index (κ2) is 9.20. The number of nitrogens with zero attached hydrogens (tertiary/aromatic N) is 3. The van der Waals surface area contributed by atoms with Crippen molar-refractivity contribution in [1.29, 1.82) is 0 Å². The van der Waals surface area contributed by atoms with Crippen LogP contribution in [-0.4, -0.2) is 35.1 Å². The summed E-state index contributed by atoms with van der Waals surface area (Å²) in [6, 6.07) is 17.3. The number of ether oxygens (including phenoxy) is 2. The van der Waals surface area contributed by atoms with Crippen molar-refractivity contribution in [3.05, 3.63) is 71.4 Å². The molecule has 170 valence electrons. The van der Waals surface area contributed by atoms with Crippen LogP contribution in [-0.2, 0) is 0 Å². The number of thiazole rings is 2. The summed E-state index contributed by atoms with van der Waals surface area (Å²) in [5.74, 6) is 1.46. The van der Waals surface area contributed by atoms with E-state index in [9.17, 15) is 4.79 Å². The predicted molar refractivity (Wildman–Crippen MR) is 136 cm³/mol. The maximum atomic E-state index is 12.9. The summed E-state index contributed by atoms with van der Waals surface area (Å²) in [5, 5.41) is 4.49. The SMILES string of the molecule is COc1ccc(-c2nc(C)c(C(=O)Nc3ccc(-c4nc5ccccc5s4)cn3)s2)cc1OC. The third-order valence-electron chi connectivity index (χ3n) is 5.18. The van der Waals surface area contributed by atoms with Gasteiger partial charge in [0.15, 0.2) is 11.5 Å². The van der Waals surface area contributed by atoms with Gasteiger partial charge < -0.3 is 14.8 Å². The highest BCUT2D eigenvalue weighted by Gasteiger charge is 2.18. The minimum Gasteiger partial charge on any atom is -0.493 e. The predicted octanol–water partition coefficient (Wildman–Crippen LogP) is 6.06. The summed E-state index contributed by atoms with van der Waals surface area (Å²) in [5.41, 5.74) is 3.37. The Morgan fingerprint density at radius 3 is 2.38 bits per heavy atom. The van der Waals surface area contributed by atoms with Gasteiger partial charge in [0.2, 0.25) is 0 Å². The van der Waals surface area contributed by atoms with Gasteiger partial charge in [-0.1, -0.05) is 12.1 Å². The Labute approximate surface area is 204 Å². The fourth-order valence-electron chi connectivity index (χ4n) is 3.46. The quantitative estimate of drug-likeness (QED) is 0.313. The van der Waals surface area contributed by atoms with Gasteiger partial charge in [0.05, 0.1) is 30.1 Å². The smallest absolute Gasteiger partial charge is 0.268 e. The standard InChI is InChI=1S/C25H20N4O3S2/c1-14-22(34-24(27-14)15-8-10-18(31-2)19(12-15)32-3)23(30)29-21-11-9-16(13-26-21)25-28-17-6-4-5-7-20(17)33-25/h4-13H,1-3H3,(H,26,29,30). The number of aryl methyl sites for hydroxylation is 1. The Bertz CT molecular complexity index is 1460. The first-order valence-corrected chi connectivity index (χ1v) is 12.0. The molecule has 1 N–H and O–H groups in total. The summed E-state index contributed by atoms with van der Waals surface area (Å²) in [6.07, 6.45) is 1.72. The summed E-state index contributed by atoms with van der Waals surface area (Å²) in [6.45, 7) is 1.82. The molecule has 1 amide bonds. The van der Waals surface area contributed by atoms with E-state index in [4.69, 9.17) is 9.47 Å². The maximum absolute atomic E-state index is 12.9. The Kier molecular flexibility index (Phi) is 5.95. The lowest BCUT2D eigenvalue weighted by Crippen LogP contribution is -2.12. The van der Waals surface area contributed by atoms with E-state index in [-0.39, 0.29) is 5.91 Å². The molecule has 5 rings (SSSR count). The fourth-order valence-corrected chi connectivity index (χ4v) is 5.38. The number of nitrogens with one attached hydrogen (secondary N) is 1. The van der Waals surface area contributed by atoms with Crippen molar-refractivity contribution in [3.8, 4) is 32.6 Å². The molecule has 0 saturated heterocycles. The van der Waals surface area contributed by atoms with Gasteiger partial charge in [-0.25, -0.2) is 15.0 Å². The van der Waals surface area contributed by atoms with E-state index in [1.54, 1.807) is 37.8 Å². The molecule has 34 heavy (non-hydrogen) atoms. The van der Waals surface area contributed by atoms with Crippen LogP contribution in [0.25, 0.3) is 31.4 Å². The molecule has 3 aromatic heterocycles. The number of hydrogen-bond donors (Lipinski definition) is 1. The zero-order valence-electron chi connectivity index (χ0n) is 18.7. The Morgan fingerprint density at radius 2 is 1.65 bits per heavy atom. The molecular weight excluding hydrogens is 468 g/mol. The van der Waals surface area contributed by atoms with Crippen LogP contribution in [0.1, 0.15) is 15.4 Å².